The zero-order chi connectivity index (χ0) is 22.1. The Bertz CT molecular complexity index is 1420. The van der Waals surface area contributed by atoms with Crippen LogP contribution in [0.4, 0.5) is 5.69 Å². The zero-order valence-corrected chi connectivity index (χ0v) is 18.1. The van der Waals surface area contributed by atoms with Crippen molar-refractivity contribution >= 4 is 33.5 Å². The second-order valence-corrected chi connectivity index (χ2v) is 8.15. The smallest absolute Gasteiger partial charge is 0.255 e. The molecule has 0 spiro atoms. The Kier molecular flexibility index (Phi) is 5.20. The van der Waals surface area contributed by atoms with Gasteiger partial charge in [0.1, 0.15) is 5.52 Å². The number of carbonyl (C=O) groups excluding carboxylic acids is 1. The van der Waals surface area contributed by atoms with Crippen molar-refractivity contribution < 1.29 is 9.21 Å². The van der Waals surface area contributed by atoms with Crippen LogP contribution in [0.3, 0.4) is 0 Å². The van der Waals surface area contributed by atoms with Crippen LogP contribution in [-0.2, 0) is 0 Å². The molecule has 1 aromatic heterocycles. The first-order valence-electron chi connectivity index (χ1n) is 10.9. The van der Waals surface area contributed by atoms with Gasteiger partial charge in [-0.1, -0.05) is 50.2 Å². The first-order valence-corrected chi connectivity index (χ1v) is 10.9. The standard InChI is InChI=1S/C28H24N2O2/c1-3-18(2)21-12-15-26-25(17-21)30-28(32-26)20-10-13-24(14-11-20)29-27(31)23-9-8-19-6-4-5-7-22(19)16-23/h4-18H,3H2,1-2H3,(H,29,31)/t18-/m1/s1. The molecule has 1 N–H and O–H groups in total. The average Bonchev–Trinajstić information content (AvgIpc) is 3.27. The molecule has 0 aliphatic carbocycles. The van der Waals surface area contributed by atoms with Gasteiger partial charge in [-0.2, -0.15) is 0 Å². The number of hydrogen-bond donors (Lipinski definition) is 1. The van der Waals surface area contributed by atoms with Crippen molar-refractivity contribution in [3.63, 3.8) is 0 Å². The van der Waals surface area contributed by atoms with E-state index in [1.165, 1.54) is 5.56 Å². The molecule has 5 aromatic rings. The summed E-state index contributed by atoms with van der Waals surface area (Å²) in [5, 5.41) is 5.12. The maximum Gasteiger partial charge on any atom is 0.255 e. The molecule has 0 saturated carbocycles. The third-order valence-corrected chi connectivity index (χ3v) is 5.99. The first kappa shape index (κ1) is 20.0. The van der Waals surface area contributed by atoms with E-state index in [4.69, 9.17) is 4.42 Å². The quantitative estimate of drug-likeness (QED) is 0.322. The zero-order valence-electron chi connectivity index (χ0n) is 18.1. The third kappa shape index (κ3) is 3.87. The molecule has 1 atom stereocenters. The Hall–Kier alpha value is -3.92. The van der Waals surface area contributed by atoms with Crippen LogP contribution in [0.25, 0.3) is 33.3 Å². The number of nitrogens with zero attached hydrogens (tertiary/aromatic N) is 1. The van der Waals surface area contributed by atoms with Crippen LogP contribution in [0.5, 0.6) is 0 Å². The predicted molar refractivity (Wildman–Crippen MR) is 130 cm³/mol. The van der Waals surface area contributed by atoms with Gasteiger partial charge in [-0.15, -0.1) is 0 Å². The normalized spacial score (nSPS) is 12.2. The van der Waals surface area contributed by atoms with Crippen LogP contribution in [-0.4, -0.2) is 10.9 Å². The summed E-state index contributed by atoms with van der Waals surface area (Å²) in [6.07, 6.45) is 1.09. The van der Waals surface area contributed by atoms with E-state index < -0.39 is 0 Å². The van der Waals surface area contributed by atoms with Gasteiger partial charge in [-0.25, -0.2) is 4.98 Å². The molecule has 0 fully saturated rings. The van der Waals surface area contributed by atoms with Crippen molar-refractivity contribution in [2.75, 3.05) is 5.32 Å². The van der Waals surface area contributed by atoms with E-state index in [1.807, 2.05) is 72.8 Å². The number of nitrogens with one attached hydrogen (secondary N) is 1. The maximum absolute atomic E-state index is 12.7. The van der Waals surface area contributed by atoms with Gasteiger partial charge in [0.2, 0.25) is 5.89 Å². The lowest BCUT2D eigenvalue weighted by molar-refractivity contribution is 0.102. The van der Waals surface area contributed by atoms with E-state index in [1.54, 1.807) is 0 Å². The van der Waals surface area contributed by atoms with Crippen LogP contribution >= 0.6 is 0 Å². The fraction of sp³-hybridized carbons (Fsp3) is 0.143. The average molecular weight is 421 g/mol. The summed E-state index contributed by atoms with van der Waals surface area (Å²) in [4.78, 5) is 17.4. The van der Waals surface area contributed by atoms with Gasteiger partial charge in [-0.05, 0) is 77.2 Å². The monoisotopic (exact) mass is 420 g/mol. The fourth-order valence-electron chi connectivity index (χ4n) is 3.84. The summed E-state index contributed by atoms with van der Waals surface area (Å²) >= 11 is 0. The molecule has 1 heterocycles. The summed E-state index contributed by atoms with van der Waals surface area (Å²) in [6, 6.07) is 27.5. The van der Waals surface area contributed by atoms with Crippen LogP contribution in [0.15, 0.2) is 89.3 Å². The van der Waals surface area contributed by atoms with Gasteiger partial charge in [0.15, 0.2) is 5.58 Å². The lowest BCUT2D eigenvalue weighted by atomic mass is 9.98. The Labute approximate surface area is 186 Å². The SMILES string of the molecule is CC[C@@H](C)c1ccc2oc(-c3ccc(NC(=O)c4ccc5ccccc5c4)cc3)nc2c1. The predicted octanol–water partition coefficient (Wildman–Crippen LogP) is 7.41. The van der Waals surface area contributed by atoms with E-state index in [2.05, 4.69) is 36.3 Å². The molecule has 5 rings (SSSR count). The van der Waals surface area contributed by atoms with Gasteiger partial charge < -0.3 is 9.73 Å². The highest BCUT2D eigenvalue weighted by molar-refractivity contribution is 6.06. The minimum absolute atomic E-state index is 0.136. The molecule has 0 unspecified atom stereocenters. The van der Waals surface area contributed by atoms with E-state index >= 15 is 0 Å². The van der Waals surface area contributed by atoms with E-state index in [0.717, 1.165) is 39.5 Å². The van der Waals surface area contributed by atoms with Gasteiger partial charge in [0.05, 0.1) is 0 Å². The lowest BCUT2D eigenvalue weighted by Crippen LogP contribution is -2.11. The number of fused-ring (bicyclic) bond motifs is 2. The number of carbonyl (C=O) groups is 1. The van der Waals surface area contributed by atoms with Crippen LogP contribution in [0, 0.1) is 0 Å². The Morgan fingerprint density at radius 3 is 2.50 bits per heavy atom. The van der Waals surface area contributed by atoms with Crippen molar-refractivity contribution in [1.82, 2.24) is 4.98 Å². The molecule has 0 aliphatic heterocycles. The van der Waals surface area contributed by atoms with Gasteiger partial charge in [0.25, 0.3) is 5.91 Å². The van der Waals surface area contributed by atoms with Gasteiger partial charge >= 0.3 is 0 Å². The van der Waals surface area contributed by atoms with Crippen molar-refractivity contribution in [3.8, 4) is 11.5 Å². The van der Waals surface area contributed by atoms with E-state index in [-0.39, 0.29) is 5.91 Å². The lowest BCUT2D eigenvalue weighted by Gasteiger charge is -2.07. The van der Waals surface area contributed by atoms with Crippen LogP contribution in [0.1, 0.15) is 42.1 Å². The third-order valence-electron chi connectivity index (χ3n) is 5.99. The van der Waals surface area contributed by atoms with Gasteiger partial charge in [-0.3, -0.25) is 4.79 Å². The summed E-state index contributed by atoms with van der Waals surface area (Å²) in [7, 11) is 0. The molecular formula is C28H24N2O2. The summed E-state index contributed by atoms with van der Waals surface area (Å²) in [6.45, 7) is 4.40. The van der Waals surface area contributed by atoms with E-state index in [9.17, 15) is 4.79 Å². The first-order chi connectivity index (χ1) is 15.6. The van der Waals surface area contributed by atoms with Crippen molar-refractivity contribution in [2.45, 2.75) is 26.2 Å². The summed E-state index contributed by atoms with van der Waals surface area (Å²) in [5.41, 5.74) is 5.14. The number of hydrogen-bond acceptors (Lipinski definition) is 3. The molecule has 0 saturated heterocycles. The molecule has 0 bridgehead atoms. The number of benzene rings is 4. The van der Waals surface area contributed by atoms with Crippen molar-refractivity contribution in [2.24, 2.45) is 0 Å². The Morgan fingerprint density at radius 2 is 1.72 bits per heavy atom. The fourth-order valence-corrected chi connectivity index (χ4v) is 3.84. The molecule has 32 heavy (non-hydrogen) atoms. The Morgan fingerprint density at radius 1 is 0.938 bits per heavy atom. The molecule has 0 aliphatic rings. The number of rotatable bonds is 5. The molecule has 4 heteroatoms. The van der Waals surface area contributed by atoms with Gasteiger partial charge in [0, 0.05) is 16.8 Å². The van der Waals surface area contributed by atoms with Crippen molar-refractivity contribution in [3.05, 3.63) is 96.1 Å². The van der Waals surface area contributed by atoms with Crippen LogP contribution < -0.4 is 5.32 Å². The topological polar surface area (TPSA) is 55.1 Å². The van der Waals surface area contributed by atoms with Crippen molar-refractivity contribution in [1.29, 1.82) is 0 Å². The molecule has 4 nitrogen and oxygen atoms in total. The molecule has 158 valence electrons. The minimum Gasteiger partial charge on any atom is -0.436 e. The molecule has 1 amide bonds. The number of amides is 1. The highest BCUT2D eigenvalue weighted by Gasteiger charge is 2.12. The largest absolute Gasteiger partial charge is 0.436 e. The number of anilines is 1. The minimum atomic E-state index is -0.136. The summed E-state index contributed by atoms with van der Waals surface area (Å²) in [5.74, 6) is 0.932. The highest BCUT2D eigenvalue weighted by atomic mass is 16.3. The molecule has 0 radical (unpaired) electrons. The molecule has 4 aromatic carbocycles. The summed E-state index contributed by atoms with van der Waals surface area (Å²) < 4.78 is 5.96. The van der Waals surface area contributed by atoms with E-state index in [0.29, 0.717) is 17.4 Å². The number of aromatic nitrogens is 1. The Balaban J connectivity index is 1.34. The second-order valence-electron chi connectivity index (χ2n) is 8.15. The maximum atomic E-state index is 12.7. The molecular weight excluding hydrogens is 396 g/mol. The second kappa shape index (κ2) is 8.31. The number of oxazole rings is 1. The van der Waals surface area contributed by atoms with Crippen LogP contribution in [0.2, 0.25) is 0 Å². The highest BCUT2D eigenvalue weighted by Crippen LogP contribution is 2.28.